The lowest BCUT2D eigenvalue weighted by molar-refractivity contribution is 0.103. The molecule has 1 heterocycles. The summed E-state index contributed by atoms with van der Waals surface area (Å²) in [4.78, 5) is 2.75. The molecule has 1 atom stereocenters. The quantitative estimate of drug-likeness (QED) is 0.749. The maximum atomic E-state index is 3.62. The van der Waals surface area contributed by atoms with Gasteiger partial charge in [0.05, 0.1) is 0 Å². The molecule has 88 valence electrons. The number of rotatable bonds is 5. The van der Waals surface area contributed by atoms with Gasteiger partial charge in [0.15, 0.2) is 0 Å². The summed E-state index contributed by atoms with van der Waals surface area (Å²) in [5, 5.41) is 3.62. The highest BCUT2D eigenvalue weighted by Crippen LogP contribution is 2.26. The fourth-order valence-electron chi connectivity index (χ4n) is 2.79. The molecule has 1 saturated heterocycles. The molecule has 0 aromatic rings. The number of hydrogen-bond donors (Lipinski definition) is 1. The van der Waals surface area contributed by atoms with E-state index >= 15 is 0 Å². The predicted molar refractivity (Wildman–Crippen MR) is 65.1 cm³/mol. The van der Waals surface area contributed by atoms with Crippen LogP contribution in [0.4, 0.5) is 0 Å². The summed E-state index contributed by atoms with van der Waals surface area (Å²) in [5.41, 5.74) is 0. The Bertz CT molecular complexity index is 181. The normalized spacial score (nSPS) is 27.6. The maximum Gasteiger partial charge on any atom is 0.0195 e. The van der Waals surface area contributed by atoms with Crippen molar-refractivity contribution in [3.8, 4) is 0 Å². The van der Waals surface area contributed by atoms with E-state index in [4.69, 9.17) is 0 Å². The molecular formula is C13H26N2. The summed E-state index contributed by atoms with van der Waals surface area (Å²) < 4.78 is 0. The zero-order valence-electron chi connectivity index (χ0n) is 10.3. The molecule has 0 aromatic heterocycles. The highest BCUT2D eigenvalue weighted by atomic mass is 15.2. The largest absolute Gasteiger partial charge is 0.313 e. The molecule has 2 aliphatic rings. The van der Waals surface area contributed by atoms with Crippen LogP contribution < -0.4 is 5.32 Å². The third-order valence-electron chi connectivity index (χ3n) is 3.81. The Balaban J connectivity index is 1.80. The zero-order chi connectivity index (χ0) is 10.7. The van der Waals surface area contributed by atoms with Crippen molar-refractivity contribution >= 4 is 0 Å². The standard InChI is InChI=1S/C13H26N2/c1-11(2)9-15(13-6-3-7-13)10-12-5-4-8-14-12/h11-14H,3-10H2,1-2H3. The molecule has 0 spiro atoms. The second-order valence-electron chi connectivity index (χ2n) is 5.73. The number of hydrogen-bond acceptors (Lipinski definition) is 2. The Morgan fingerprint density at radius 1 is 1.20 bits per heavy atom. The lowest BCUT2D eigenvalue weighted by atomic mass is 9.90. The minimum Gasteiger partial charge on any atom is -0.313 e. The third-order valence-corrected chi connectivity index (χ3v) is 3.81. The van der Waals surface area contributed by atoms with Crippen LogP contribution in [0.5, 0.6) is 0 Å². The van der Waals surface area contributed by atoms with Crippen LogP contribution in [-0.4, -0.2) is 36.6 Å². The second-order valence-corrected chi connectivity index (χ2v) is 5.73. The molecule has 2 heteroatoms. The van der Waals surface area contributed by atoms with Gasteiger partial charge in [-0.05, 0) is 38.1 Å². The van der Waals surface area contributed by atoms with Crippen LogP contribution in [0.1, 0.15) is 46.0 Å². The Hall–Kier alpha value is -0.0800. The Morgan fingerprint density at radius 2 is 2.00 bits per heavy atom. The molecular weight excluding hydrogens is 184 g/mol. The Labute approximate surface area is 94.4 Å². The minimum atomic E-state index is 0.782. The Kier molecular flexibility index (Phi) is 4.04. The summed E-state index contributed by atoms with van der Waals surface area (Å²) in [5.74, 6) is 0.812. The van der Waals surface area contributed by atoms with E-state index in [9.17, 15) is 0 Å². The summed E-state index contributed by atoms with van der Waals surface area (Å²) in [7, 11) is 0. The van der Waals surface area contributed by atoms with E-state index in [0.717, 1.165) is 18.0 Å². The van der Waals surface area contributed by atoms with E-state index in [0.29, 0.717) is 0 Å². The van der Waals surface area contributed by atoms with Crippen LogP contribution in [-0.2, 0) is 0 Å². The lowest BCUT2D eigenvalue weighted by Gasteiger charge is -2.40. The van der Waals surface area contributed by atoms with Gasteiger partial charge >= 0.3 is 0 Å². The minimum absolute atomic E-state index is 0.782. The highest BCUT2D eigenvalue weighted by molar-refractivity contribution is 4.85. The molecule has 0 radical (unpaired) electrons. The van der Waals surface area contributed by atoms with E-state index < -0.39 is 0 Å². The van der Waals surface area contributed by atoms with Gasteiger partial charge in [-0.15, -0.1) is 0 Å². The van der Waals surface area contributed by atoms with Crippen molar-refractivity contribution in [3.05, 3.63) is 0 Å². The average molecular weight is 210 g/mol. The van der Waals surface area contributed by atoms with Crippen LogP contribution in [0.25, 0.3) is 0 Å². The van der Waals surface area contributed by atoms with Crippen molar-refractivity contribution in [1.82, 2.24) is 10.2 Å². The first-order valence-corrected chi connectivity index (χ1v) is 6.73. The van der Waals surface area contributed by atoms with Crippen LogP contribution in [0.15, 0.2) is 0 Å². The first-order chi connectivity index (χ1) is 7.25. The highest BCUT2D eigenvalue weighted by Gasteiger charge is 2.28. The third kappa shape index (κ3) is 3.18. The molecule has 0 aromatic carbocycles. The molecule has 1 N–H and O–H groups in total. The van der Waals surface area contributed by atoms with E-state index in [1.54, 1.807) is 0 Å². The zero-order valence-corrected chi connectivity index (χ0v) is 10.3. The molecule has 15 heavy (non-hydrogen) atoms. The molecule has 0 amide bonds. The maximum absolute atomic E-state index is 3.62. The van der Waals surface area contributed by atoms with Gasteiger partial charge in [0.1, 0.15) is 0 Å². The summed E-state index contributed by atoms with van der Waals surface area (Å²) in [6, 6.07) is 1.69. The molecule has 2 rings (SSSR count). The molecule has 1 aliphatic heterocycles. The van der Waals surface area contributed by atoms with Crippen molar-refractivity contribution in [1.29, 1.82) is 0 Å². The number of nitrogens with zero attached hydrogens (tertiary/aromatic N) is 1. The van der Waals surface area contributed by atoms with Crippen molar-refractivity contribution in [2.24, 2.45) is 5.92 Å². The van der Waals surface area contributed by atoms with Crippen LogP contribution in [0.3, 0.4) is 0 Å². The van der Waals surface area contributed by atoms with Gasteiger partial charge in [-0.2, -0.15) is 0 Å². The SMILES string of the molecule is CC(C)CN(CC1CCCN1)C1CCC1. The summed E-state index contributed by atoms with van der Waals surface area (Å²) >= 11 is 0. The molecule has 2 nitrogen and oxygen atoms in total. The van der Waals surface area contributed by atoms with Crippen molar-refractivity contribution in [2.45, 2.75) is 58.0 Å². The van der Waals surface area contributed by atoms with Gasteiger partial charge in [0.2, 0.25) is 0 Å². The smallest absolute Gasteiger partial charge is 0.0195 e. The molecule has 2 fully saturated rings. The predicted octanol–water partition coefficient (Wildman–Crippen LogP) is 2.25. The van der Waals surface area contributed by atoms with Gasteiger partial charge in [0, 0.05) is 25.2 Å². The van der Waals surface area contributed by atoms with Gasteiger partial charge in [-0.3, -0.25) is 4.90 Å². The molecule has 0 bridgehead atoms. The van der Waals surface area contributed by atoms with Crippen molar-refractivity contribution < 1.29 is 0 Å². The van der Waals surface area contributed by atoms with Gasteiger partial charge in [-0.1, -0.05) is 20.3 Å². The second kappa shape index (κ2) is 5.31. The lowest BCUT2D eigenvalue weighted by Crippen LogP contribution is -2.47. The van der Waals surface area contributed by atoms with Gasteiger partial charge in [-0.25, -0.2) is 0 Å². The van der Waals surface area contributed by atoms with Gasteiger partial charge in [0.25, 0.3) is 0 Å². The number of nitrogens with one attached hydrogen (secondary N) is 1. The van der Waals surface area contributed by atoms with Crippen molar-refractivity contribution in [2.75, 3.05) is 19.6 Å². The van der Waals surface area contributed by atoms with E-state index in [1.165, 1.54) is 51.7 Å². The van der Waals surface area contributed by atoms with E-state index in [2.05, 4.69) is 24.1 Å². The fourth-order valence-corrected chi connectivity index (χ4v) is 2.79. The fraction of sp³-hybridized carbons (Fsp3) is 1.00. The van der Waals surface area contributed by atoms with Crippen LogP contribution >= 0.6 is 0 Å². The van der Waals surface area contributed by atoms with E-state index in [1.807, 2.05) is 0 Å². The first-order valence-electron chi connectivity index (χ1n) is 6.73. The van der Waals surface area contributed by atoms with Crippen LogP contribution in [0.2, 0.25) is 0 Å². The monoisotopic (exact) mass is 210 g/mol. The average Bonchev–Trinajstić information content (AvgIpc) is 2.51. The summed E-state index contributed by atoms with van der Waals surface area (Å²) in [6.07, 6.45) is 7.11. The van der Waals surface area contributed by atoms with E-state index in [-0.39, 0.29) is 0 Å². The van der Waals surface area contributed by atoms with Crippen molar-refractivity contribution in [3.63, 3.8) is 0 Å². The molecule has 1 saturated carbocycles. The molecule has 1 unspecified atom stereocenters. The van der Waals surface area contributed by atoms with Crippen LogP contribution in [0, 0.1) is 5.92 Å². The molecule has 1 aliphatic carbocycles. The Morgan fingerprint density at radius 3 is 2.47 bits per heavy atom. The topological polar surface area (TPSA) is 15.3 Å². The first kappa shape index (κ1) is 11.4. The van der Waals surface area contributed by atoms with Gasteiger partial charge < -0.3 is 5.32 Å². The summed E-state index contributed by atoms with van der Waals surface area (Å²) in [6.45, 7) is 8.51.